The molecule has 1 aromatic heterocycles. The molecule has 1 aromatic rings. The molecule has 0 radical (unpaired) electrons. The van der Waals surface area contributed by atoms with Crippen LogP contribution in [0.2, 0.25) is 0 Å². The van der Waals surface area contributed by atoms with Gasteiger partial charge in [0.25, 0.3) is 0 Å². The van der Waals surface area contributed by atoms with Gasteiger partial charge in [-0.05, 0) is 6.92 Å². The number of hydrogen-bond acceptors (Lipinski definition) is 9. The number of carbonyl (C=O) groups is 6. The van der Waals surface area contributed by atoms with Gasteiger partial charge in [-0.25, -0.2) is 9.78 Å². The van der Waals surface area contributed by atoms with Crippen LogP contribution in [-0.2, 0) is 35.2 Å². The zero-order chi connectivity index (χ0) is 26.0. The first kappa shape index (κ1) is 28.0. The molecule has 0 bridgehead atoms. The smallest absolute Gasteiger partial charge is 0.326 e. The molecule has 11 N–H and O–H groups in total. The molecule has 16 heteroatoms. The monoisotopic (exact) mass is 485 g/mol. The number of aliphatic hydroxyl groups is 1. The normalized spacial score (nSPS) is 15.1. The number of imidazole rings is 1. The molecule has 0 aromatic carbocycles. The number of aliphatic hydroxyl groups excluding tert-OH is 1. The minimum atomic E-state index is -1.76. The standard InChI is InChI=1S/C18H27N7O9/c1-7(26)14(17(32)24-11(18(33)34)3-12(20)27)25-16(31)10(4-13(28)29)23-15(30)9(19)2-8-5-21-6-22-8/h5-7,9-11,14,26H,2-4,19H2,1H3,(H2,20,27)(H,21,22)(H,23,30)(H,24,32)(H,25,31)(H,28,29)(H,33,34). The molecule has 1 rings (SSSR count). The number of primary amides is 1. The lowest BCUT2D eigenvalue weighted by Gasteiger charge is -2.25. The third kappa shape index (κ3) is 9.21. The fourth-order valence-electron chi connectivity index (χ4n) is 2.71. The van der Waals surface area contributed by atoms with Crippen molar-refractivity contribution in [2.45, 2.75) is 56.5 Å². The van der Waals surface area contributed by atoms with Crippen molar-refractivity contribution in [1.29, 1.82) is 0 Å². The van der Waals surface area contributed by atoms with Crippen molar-refractivity contribution in [3.8, 4) is 0 Å². The maximum atomic E-state index is 12.6. The van der Waals surface area contributed by atoms with E-state index in [4.69, 9.17) is 21.7 Å². The highest BCUT2D eigenvalue weighted by Gasteiger charge is 2.34. The van der Waals surface area contributed by atoms with Gasteiger partial charge in [0.15, 0.2) is 0 Å². The summed E-state index contributed by atoms with van der Waals surface area (Å²) in [7, 11) is 0. The predicted octanol–water partition coefficient (Wildman–Crippen LogP) is -4.45. The molecule has 0 saturated heterocycles. The van der Waals surface area contributed by atoms with Gasteiger partial charge >= 0.3 is 11.9 Å². The van der Waals surface area contributed by atoms with Gasteiger partial charge in [-0.3, -0.25) is 24.0 Å². The van der Waals surface area contributed by atoms with E-state index < -0.39 is 78.7 Å². The van der Waals surface area contributed by atoms with Crippen molar-refractivity contribution in [3.63, 3.8) is 0 Å². The Balaban J connectivity index is 2.92. The third-order valence-corrected chi connectivity index (χ3v) is 4.43. The van der Waals surface area contributed by atoms with Crippen molar-refractivity contribution in [1.82, 2.24) is 25.9 Å². The number of hydrogen-bond donors (Lipinski definition) is 9. The van der Waals surface area contributed by atoms with E-state index in [0.717, 1.165) is 6.92 Å². The zero-order valence-electron chi connectivity index (χ0n) is 18.1. The molecule has 16 nitrogen and oxygen atoms in total. The number of nitrogens with one attached hydrogen (secondary N) is 4. The van der Waals surface area contributed by atoms with Gasteiger partial charge in [-0.2, -0.15) is 0 Å². The second-order valence-electron chi connectivity index (χ2n) is 7.34. The van der Waals surface area contributed by atoms with Crippen LogP contribution in [-0.4, -0.2) is 91.1 Å². The maximum absolute atomic E-state index is 12.6. The Labute approximate surface area is 192 Å². The molecule has 5 atom stereocenters. The van der Waals surface area contributed by atoms with E-state index in [9.17, 15) is 33.9 Å². The number of rotatable bonds is 14. The first-order chi connectivity index (χ1) is 15.8. The van der Waals surface area contributed by atoms with Gasteiger partial charge in [0.2, 0.25) is 23.6 Å². The second-order valence-corrected chi connectivity index (χ2v) is 7.34. The number of nitrogens with two attached hydrogens (primary N) is 2. The number of amides is 4. The SMILES string of the molecule is CC(O)C(NC(=O)C(CC(=O)O)NC(=O)C(N)Cc1cnc[nH]1)C(=O)NC(CC(N)=O)C(=O)O. The Hall–Kier alpha value is -4.05. The Morgan fingerprint density at radius 2 is 1.62 bits per heavy atom. The van der Waals surface area contributed by atoms with Crippen LogP contribution in [0.5, 0.6) is 0 Å². The predicted molar refractivity (Wildman–Crippen MR) is 111 cm³/mol. The van der Waals surface area contributed by atoms with Crippen molar-refractivity contribution in [2.24, 2.45) is 11.5 Å². The van der Waals surface area contributed by atoms with Crippen LogP contribution in [0.15, 0.2) is 12.5 Å². The van der Waals surface area contributed by atoms with E-state index in [-0.39, 0.29) is 6.42 Å². The summed E-state index contributed by atoms with van der Waals surface area (Å²) in [4.78, 5) is 77.3. The number of carbonyl (C=O) groups excluding carboxylic acids is 4. The van der Waals surface area contributed by atoms with Crippen LogP contribution in [0.1, 0.15) is 25.5 Å². The minimum Gasteiger partial charge on any atom is -0.481 e. The summed E-state index contributed by atoms with van der Waals surface area (Å²) in [6.07, 6.45) is -0.433. The average molecular weight is 485 g/mol. The second kappa shape index (κ2) is 12.9. The van der Waals surface area contributed by atoms with Crippen LogP contribution in [0, 0.1) is 0 Å². The van der Waals surface area contributed by atoms with Crippen molar-refractivity contribution in [3.05, 3.63) is 18.2 Å². The van der Waals surface area contributed by atoms with Gasteiger partial charge in [0.1, 0.15) is 18.1 Å². The molecule has 0 saturated carbocycles. The van der Waals surface area contributed by atoms with Gasteiger partial charge in [0, 0.05) is 18.3 Å². The Kier molecular flexibility index (Phi) is 10.6. The quantitative estimate of drug-likeness (QED) is 0.121. The highest BCUT2D eigenvalue weighted by atomic mass is 16.4. The molecule has 0 spiro atoms. The fraction of sp³-hybridized carbons (Fsp3) is 0.500. The van der Waals surface area contributed by atoms with Gasteiger partial charge in [-0.15, -0.1) is 0 Å². The van der Waals surface area contributed by atoms with E-state index in [1.54, 1.807) is 0 Å². The summed E-state index contributed by atoms with van der Waals surface area (Å²) < 4.78 is 0. The van der Waals surface area contributed by atoms with Crippen molar-refractivity contribution in [2.75, 3.05) is 0 Å². The lowest BCUT2D eigenvalue weighted by molar-refractivity contribution is -0.145. The summed E-state index contributed by atoms with van der Waals surface area (Å²) in [5.74, 6) is -7.30. The van der Waals surface area contributed by atoms with Gasteiger partial charge < -0.3 is 47.7 Å². The Morgan fingerprint density at radius 1 is 1.00 bits per heavy atom. The molecule has 0 aliphatic carbocycles. The lowest BCUT2D eigenvalue weighted by atomic mass is 10.1. The van der Waals surface area contributed by atoms with Crippen LogP contribution in [0.25, 0.3) is 0 Å². The number of aromatic amines is 1. The van der Waals surface area contributed by atoms with Crippen LogP contribution < -0.4 is 27.4 Å². The zero-order valence-corrected chi connectivity index (χ0v) is 18.1. The first-order valence-electron chi connectivity index (χ1n) is 9.86. The number of H-pyrrole nitrogens is 1. The van der Waals surface area contributed by atoms with E-state index in [1.165, 1.54) is 12.5 Å². The van der Waals surface area contributed by atoms with E-state index in [1.807, 2.05) is 5.32 Å². The largest absolute Gasteiger partial charge is 0.481 e. The minimum absolute atomic E-state index is 0.00237. The molecule has 4 amide bonds. The van der Waals surface area contributed by atoms with Crippen LogP contribution >= 0.6 is 0 Å². The molecular formula is C18H27N7O9. The number of carboxylic acids is 2. The highest BCUT2D eigenvalue weighted by Crippen LogP contribution is 2.03. The fourth-order valence-corrected chi connectivity index (χ4v) is 2.71. The molecule has 0 aliphatic heterocycles. The molecule has 34 heavy (non-hydrogen) atoms. The maximum Gasteiger partial charge on any atom is 0.326 e. The summed E-state index contributed by atoms with van der Waals surface area (Å²) in [5, 5.41) is 34.3. The summed E-state index contributed by atoms with van der Waals surface area (Å²) in [6, 6.07) is -6.36. The molecule has 1 heterocycles. The third-order valence-electron chi connectivity index (χ3n) is 4.43. The van der Waals surface area contributed by atoms with Crippen molar-refractivity contribution < 1.29 is 44.1 Å². The number of carboxylic acid groups (broad SMARTS) is 2. The van der Waals surface area contributed by atoms with Crippen LogP contribution in [0.4, 0.5) is 0 Å². The summed E-state index contributed by atoms with van der Waals surface area (Å²) in [5.41, 5.74) is 11.2. The molecular weight excluding hydrogens is 458 g/mol. The van der Waals surface area contributed by atoms with E-state index in [2.05, 4.69) is 20.6 Å². The Bertz CT molecular complexity index is 904. The van der Waals surface area contributed by atoms with Crippen LogP contribution in [0.3, 0.4) is 0 Å². The highest BCUT2D eigenvalue weighted by molar-refractivity contribution is 5.96. The Morgan fingerprint density at radius 3 is 2.09 bits per heavy atom. The summed E-state index contributed by atoms with van der Waals surface area (Å²) >= 11 is 0. The lowest BCUT2D eigenvalue weighted by Crippen LogP contribution is -2.60. The van der Waals surface area contributed by atoms with Gasteiger partial charge in [0.05, 0.1) is 31.3 Å². The van der Waals surface area contributed by atoms with Gasteiger partial charge in [-0.1, -0.05) is 0 Å². The van der Waals surface area contributed by atoms with E-state index >= 15 is 0 Å². The molecule has 5 unspecified atom stereocenters. The van der Waals surface area contributed by atoms with E-state index in [0.29, 0.717) is 5.69 Å². The molecule has 0 fully saturated rings. The molecule has 188 valence electrons. The first-order valence-corrected chi connectivity index (χ1v) is 9.86. The number of nitrogens with zero attached hydrogens (tertiary/aromatic N) is 1. The number of aliphatic carboxylic acids is 2. The average Bonchev–Trinajstić information content (AvgIpc) is 3.22. The molecule has 0 aliphatic rings. The van der Waals surface area contributed by atoms with Crippen molar-refractivity contribution >= 4 is 35.6 Å². The number of aromatic nitrogens is 2. The topological polar surface area (TPSA) is 280 Å². The summed E-state index contributed by atoms with van der Waals surface area (Å²) in [6.45, 7) is 1.10.